The average Bonchev–Trinajstić information content (AvgIpc) is 2.30. The zero-order chi connectivity index (χ0) is 12.1. The Morgan fingerprint density at radius 2 is 2.25 bits per heavy atom. The van der Waals surface area contributed by atoms with Crippen molar-refractivity contribution >= 4 is 33.2 Å². The molecule has 0 aliphatic carbocycles. The van der Waals surface area contributed by atoms with Crippen LogP contribution in [0.4, 0.5) is 5.69 Å². The van der Waals surface area contributed by atoms with Gasteiger partial charge >= 0.3 is 0 Å². The number of alkyl halides is 1. The molecule has 1 aromatic rings. The predicted molar refractivity (Wildman–Crippen MR) is 70.6 cm³/mol. The van der Waals surface area contributed by atoms with E-state index in [1.165, 1.54) is 0 Å². The van der Waals surface area contributed by atoms with Gasteiger partial charge in [-0.15, -0.1) is 11.6 Å². The van der Waals surface area contributed by atoms with Crippen LogP contribution in [0.1, 0.15) is 5.56 Å². The van der Waals surface area contributed by atoms with E-state index in [-0.39, 0.29) is 5.88 Å². The fourth-order valence-electron chi connectivity index (χ4n) is 1.33. The number of ether oxygens (including phenoxy) is 1. The number of methoxy groups -OCH3 is 1. The first-order valence-electron chi connectivity index (χ1n) is 4.91. The SMILES string of the molecule is COc1ccc(Br)c(C)c1NCC(O)CCl. The smallest absolute Gasteiger partial charge is 0.142 e. The van der Waals surface area contributed by atoms with Crippen molar-refractivity contribution in [1.29, 1.82) is 0 Å². The Labute approximate surface area is 109 Å². The van der Waals surface area contributed by atoms with Gasteiger partial charge in [0, 0.05) is 11.0 Å². The van der Waals surface area contributed by atoms with Crippen LogP contribution in [0.25, 0.3) is 0 Å². The maximum Gasteiger partial charge on any atom is 0.142 e. The van der Waals surface area contributed by atoms with Crippen LogP contribution in [0.3, 0.4) is 0 Å². The van der Waals surface area contributed by atoms with Gasteiger partial charge in [0.05, 0.1) is 24.8 Å². The van der Waals surface area contributed by atoms with Gasteiger partial charge < -0.3 is 15.2 Å². The summed E-state index contributed by atoms with van der Waals surface area (Å²) >= 11 is 8.98. The molecule has 0 spiro atoms. The maximum absolute atomic E-state index is 9.40. The van der Waals surface area contributed by atoms with E-state index >= 15 is 0 Å². The third-order valence-corrected chi connectivity index (χ3v) is 3.49. The first-order chi connectivity index (χ1) is 7.60. The highest BCUT2D eigenvalue weighted by molar-refractivity contribution is 9.10. The van der Waals surface area contributed by atoms with Gasteiger partial charge in [-0.1, -0.05) is 15.9 Å². The van der Waals surface area contributed by atoms with E-state index in [1.807, 2.05) is 19.1 Å². The van der Waals surface area contributed by atoms with Crippen molar-refractivity contribution in [2.24, 2.45) is 0 Å². The van der Waals surface area contributed by atoms with Crippen LogP contribution < -0.4 is 10.1 Å². The van der Waals surface area contributed by atoms with Gasteiger partial charge in [0.1, 0.15) is 5.75 Å². The molecule has 90 valence electrons. The molecule has 0 aliphatic heterocycles. The Kier molecular flexibility index (Phi) is 5.38. The van der Waals surface area contributed by atoms with Crippen LogP contribution in [0.2, 0.25) is 0 Å². The van der Waals surface area contributed by atoms with Crippen molar-refractivity contribution in [2.45, 2.75) is 13.0 Å². The largest absolute Gasteiger partial charge is 0.495 e. The Hall–Kier alpha value is -0.450. The number of halogens is 2. The van der Waals surface area contributed by atoms with E-state index in [1.54, 1.807) is 7.11 Å². The van der Waals surface area contributed by atoms with Crippen LogP contribution in [0.15, 0.2) is 16.6 Å². The Morgan fingerprint density at radius 3 is 2.81 bits per heavy atom. The second kappa shape index (κ2) is 6.33. The van der Waals surface area contributed by atoms with E-state index in [4.69, 9.17) is 16.3 Å². The molecule has 1 aromatic carbocycles. The highest BCUT2D eigenvalue weighted by atomic mass is 79.9. The summed E-state index contributed by atoms with van der Waals surface area (Å²) in [6.45, 7) is 2.37. The molecule has 16 heavy (non-hydrogen) atoms. The van der Waals surface area contributed by atoms with Crippen LogP contribution in [-0.2, 0) is 0 Å². The quantitative estimate of drug-likeness (QED) is 0.822. The fourth-order valence-corrected chi connectivity index (χ4v) is 1.77. The predicted octanol–water partition coefficient (Wildman–Crippen LogP) is 2.78. The number of benzene rings is 1. The molecule has 3 nitrogen and oxygen atoms in total. The number of hydrogen-bond acceptors (Lipinski definition) is 3. The van der Waals surface area contributed by atoms with Gasteiger partial charge in [0.15, 0.2) is 0 Å². The summed E-state index contributed by atoms with van der Waals surface area (Å²) in [5, 5.41) is 12.5. The molecular formula is C11H15BrClNO2. The number of anilines is 1. The van der Waals surface area contributed by atoms with Gasteiger partial charge in [-0.05, 0) is 24.6 Å². The monoisotopic (exact) mass is 307 g/mol. The molecule has 0 aromatic heterocycles. The molecule has 0 radical (unpaired) electrons. The summed E-state index contributed by atoms with van der Waals surface area (Å²) in [7, 11) is 1.62. The van der Waals surface area contributed by atoms with Gasteiger partial charge in [-0.25, -0.2) is 0 Å². The fraction of sp³-hybridized carbons (Fsp3) is 0.455. The lowest BCUT2D eigenvalue weighted by Gasteiger charge is -2.16. The summed E-state index contributed by atoms with van der Waals surface area (Å²) in [6, 6.07) is 3.80. The molecule has 0 heterocycles. The minimum atomic E-state index is -0.565. The second-order valence-corrected chi connectivity index (χ2v) is 4.60. The third kappa shape index (κ3) is 3.27. The van der Waals surface area contributed by atoms with Crippen molar-refractivity contribution in [3.8, 4) is 5.75 Å². The minimum Gasteiger partial charge on any atom is -0.495 e. The molecule has 1 rings (SSSR count). The number of nitrogens with one attached hydrogen (secondary N) is 1. The van der Waals surface area contributed by atoms with Crippen molar-refractivity contribution in [1.82, 2.24) is 0 Å². The lowest BCUT2D eigenvalue weighted by molar-refractivity contribution is 0.211. The van der Waals surface area contributed by atoms with E-state index < -0.39 is 6.10 Å². The van der Waals surface area contributed by atoms with Crippen molar-refractivity contribution in [2.75, 3.05) is 24.9 Å². The molecule has 0 saturated carbocycles. The van der Waals surface area contributed by atoms with E-state index in [0.717, 1.165) is 21.5 Å². The number of aliphatic hydroxyl groups is 1. The highest BCUT2D eigenvalue weighted by Crippen LogP contribution is 2.33. The van der Waals surface area contributed by atoms with Gasteiger partial charge in [-0.3, -0.25) is 0 Å². The molecular weight excluding hydrogens is 293 g/mol. The molecule has 0 aliphatic rings. The number of hydrogen-bond donors (Lipinski definition) is 2. The van der Waals surface area contributed by atoms with Crippen molar-refractivity contribution < 1.29 is 9.84 Å². The van der Waals surface area contributed by atoms with Gasteiger partial charge in [0.2, 0.25) is 0 Å². The summed E-state index contributed by atoms with van der Waals surface area (Å²) < 4.78 is 6.25. The zero-order valence-corrected chi connectivity index (χ0v) is 11.6. The average molecular weight is 309 g/mol. The topological polar surface area (TPSA) is 41.5 Å². The maximum atomic E-state index is 9.40. The number of aliphatic hydroxyl groups excluding tert-OH is 1. The lowest BCUT2D eigenvalue weighted by atomic mass is 10.2. The minimum absolute atomic E-state index is 0.211. The standard InChI is InChI=1S/C11H15BrClNO2/c1-7-9(12)3-4-10(16-2)11(7)14-6-8(15)5-13/h3-4,8,14-15H,5-6H2,1-2H3. The van der Waals surface area contributed by atoms with Crippen LogP contribution in [-0.4, -0.2) is 30.7 Å². The number of rotatable bonds is 5. The second-order valence-electron chi connectivity index (χ2n) is 3.44. The van der Waals surface area contributed by atoms with E-state index in [9.17, 15) is 5.11 Å². The third-order valence-electron chi connectivity index (χ3n) is 2.27. The summed E-state index contributed by atoms with van der Waals surface area (Å²) in [4.78, 5) is 0. The highest BCUT2D eigenvalue weighted by Gasteiger charge is 2.10. The first-order valence-corrected chi connectivity index (χ1v) is 6.24. The van der Waals surface area contributed by atoms with Gasteiger partial charge in [-0.2, -0.15) is 0 Å². The van der Waals surface area contributed by atoms with Gasteiger partial charge in [0.25, 0.3) is 0 Å². The molecule has 5 heteroatoms. The summed E-state index contributed by atoms with van der Waals surface area (Å²) in [5.74, 6) is 0.963. The molecule has 0 fully saturated rings. The van der Waals surface area contributed by atoms with Crippen LogP contribution in [0.5, 0.6) is 5.75 Å². The molecule has 2 N–H and O–H groups in total. The molecule has 1 atom stereocenters. The Morgan fingerprint density at radius 1 is 1.56 bits per heavy atom. The van der Waals surface area contributed by atoms with Crippen molar-refractivity contribution in [3.05, 3.63) is 22.2 Å². The first kappa shape index (κ1) is 13.6. The van der Waals surface area contributed by atoms with E-state index in [2.05, 4.69) is 21.2 Å². The molecule has 0 saturated heterocycles. The zero-order valence-electron chi connectivity index (χ0n) is 9.26. The summed E-state index contributed by atoms with van der Waals surface area (Å²) in [6.07, 6.45) is -0.565. The lowest BCUT2D eigenvalue weighted by Crippen LogP contribution is -2.21. The molecule has 1 unspecified atom stereocenters. The Balaban J connectivity index is 2.88. The van der Waals surface area contributed by atoms with E-state index in [0.29, 0.717) is 6.54 Å². The normalized spacial score (nSPS) is 12.3. The molecule has 0 amide bonds. The molecule has 0 bridgehead atoms. The summed E-state index contributed by atoms with van der Waals surface area (Å²) in [5.41, 5.74) is 1.92. The van der Waals surface area contributed by atoms with Crippen LogP contribution in [0, 0.1) is 6.92 Å². The Bertz CT molecular complexity index is 360. The van der Waals surface area contributed by atoms with Crippen molar-refractivity contribution in [3.63, 3.8) is 0 Å². The van der Waals surface area contributed by atoms with Crippen LogP contribution >= 0.6 is 27.5 Å².